The molecule has 1 heterocycles. The summed E-state index contributed by atoms with van der Waals surface area (Å²) in [5.41, 5.74) is 1.32. The minimum absolute atomic E-state index is 0.244. The van der Waals surface area contributed by atoms with Crippen LogP contribution in [0.25, 0.3) is 0 Å². The molecule has 1 unspecified atom stereocenters. The molecule has 16 heavy (non-hydrogen) atoms. The lowest BCUT2D eigenvalue weighted by molar-refractivity contribution is 0.0697. The predicted octanol–water partition coefficient (Wildman–Crippen LogP) is 2.30. The van der Waals surface area contributed by atoms with Gasteiger partial charge in [0, 0.05) is 11.7 Å². The summed E-state index contributed by atoms with van der Waals surface area (Å²) in [6, 6.07) is 3.65. The van der Waals surface area contributed by atoms with Crippen LogP contribution in [0.1, 0.15) is 36.3 Å². The third kappa shape index (κ3) is 2.01. The maximum absolute atomic E-state index is 11.0. The van der Waals surface area contributed by atoms with Gasteiger partial charge in [0.05, 0.1) is 0 Å². The summed E-state index contributed by atoms with van der Waals surface area (Å²) in [4.78, 5) is 15.3. The van der Waals surface area contributed by atoms with E-state index < -0.39 is 5.97 Å². The molecule has 4 nitrogen and oxygen atoms in total. The highest BCUT2D eigenvalue weighted by molar-refractivity contribution is 5.93. The van der Waals surface area contributed by atoms with Crippen LogP contribution in [0.2, 0.25) is 0 Å². The maximum Gasteiger partial charge on any atom is 0.339 e. The van der Waals surface area contributed by atoms with Crippen molar-refractivity contribution in [2.45, 2.75) is 33.2 Å². The number of aromatic nitrogens is 1. The number of rotatable bonds is 3. The molecule has 1 aliphatic rings. The van der Waals surface area contributed by atoms with E-state index in [4.69, 9.17) is 5.11 Å². The zero-order chi connectivity index (χ0) is 11.9. The Balaban J connectivity index is 2.25. The summed E-state index contributed by atoms with van der Waals surface area (Å²) in [5, 5.41) is 12.2. The molecule has 0 aromatic carbocycles. The van der Waals surface area contributed by atoms with E-state index in [1.54, 1.807) is 12.1 Å². The molecule has 0 amide bonds. The standard InChI is InChI=1S/C12H16N2O2/c1-7-4-5-8(11(15)16)10(13-7)14-9-6-12(9,2)3/h4-5,9H,6H2,1-3H3,(H,13,14)(H,15,16). The molecule has 4 heteroatoms. The molecule has 0 radical (unpaired) electrons. The Morgan fingerprint density at radius 3 is 2.69 bits per heavy atom. The van der Waals surface area contributed by atoms with Gasteiger partial charge in [-0.2, -0.15) is 0 Å². The van der Waals surface area contributed by atoms with Crippen LogP contribution in [0.4, 0.5) is 5.82 Å². The molecule has 1 aliphatic carbocycles. The molecule has 0 bridgehead atoms. The number of carboxylic acid groups (broad SMARTS) is 1. The zero-order valence-corrected chi connectivity index (χ0v) is 9.74. The Morgan fingerprint density at radius 1 is 1.56 bits per heavy atom. The molecule has 86 valence electrons. The van der Waals surface area contributed by atoms with Gasteiger partial charge in [0.25, 0.3) is 0 Å². The normalized spacial score (nSPS) is 21.6. The highest BCUT2D eigenvalue weighted by Gasteiger charge is 2.46. The van der Waals surface area contributed by atoms with E-state index in [1.165, 1.54) is 0 Å². The molecule has 1 atom stereocenters. The SMILES string of the molecule is Cc1ccc(C(=O)O)c(NC2CC2(C)C)n1. The largest absolute Gasteiger partial charge is 0.478 e. The molecule has 1 saturated carbocycles. The van der Waals surface area contributed by atoms with Crippen molar-refractivity contribution in [3.8, 4) is 0 Å². The molecular weight excluding hydrogens is 204 g/mol. The second-order valence-electron chi connectivity index (χ2n) is 5.04. The summed E-state index contributed by atoms with van der Waals surface area (Å²) in [5.74, 6) is -0.448. The fraction of sp³-hybridized carbons (Fsp3) is 0.500. The number of aromatic carboxylic acids is 1. The van der Waals surface area contributed by atoms with Crippen molar-refractivity contribution < 1.29 is 9.90 Å². The van der Waals surface area contributed by atoms with Crippen LogP contribution in [0, 0.1) is 12.3 Å². The van der Waals surface area contributed by atoms with Crippen molar-refractivity contribution in [3.63, 3.8) is 0 Å². The van der Waals surface area contributed by atoms with Crippen LogP contribution >= 0.6 is 0 Å². The molecule has 1 aromatic rings. The van der Waals surface area contributed by atoms with Gasteiger partial charge in [0.15, 0.2) is 0 Å². The molecule has 2 N–H and O–H groups in total. The number of aryl methyl sites for hydroxylation is 1. The van der Waals surface area contributed by atoms with Gasteiger partial charge in [0.1, 0.15) is 11.4 Å². The van der Waals surface area contributed by atoms with E-state index in [0.29, 0.717) is 11.9 Å². The molecule has 0 spiro atoms. The van der Waals surface area contributed by atoms with Gasteiger partial charge in [-0.1, -0.05) is 13.8 Å². The average Bonchev–Trinajstić information content (AvgIpc) is 2.72. The first kappa shape index (κ1) is 10.9. The fourth-order valence-electron chi connectivity index (χ4n) is 1.72. The number of carboxylic acids is 1. The van der Waals surface area contributed by atoms with E-state index in [9.17, 15) is 4.79 Å². The number of pyridine rings is 1. The second kappa shape index (κ2) is 3.47. The molecule has 0 aliphatic heterocycles. The topological polar surface area (TPSA) is 62.2 Å². The molecule has 2 rings (SSSR count). The Hall–Kier alpha value is -1.58. The average molecular weight is 220 g/mol. The van der Waals surface area contributed by atoms with E-state index in [0.717, 1.165) is 12.1 Å². The first-order valence-electron chi connectivity index (χ1n) is 5.37. The first-order valence-corrected chi connectivity index (χ1v) is 5.37. The number of carbonyl (C=O) groups is 1. The molecular formula is C12H16N2O2. The molecule has 1 fully saturated rings. The number of anilines is 1. The number of hydrogen-bond acceptors (Lipinski definition) is 3. The van der Waals surface area contributed by atoms with Crippen molar-refractivity contribution >= 4 is 11.8 Å². The third-order valence-electron chi connectivity index (χ3n) is 3.09. The minimum atomic E-state index is -0.937. The van der Waals surface area contributed by atoms with Gasteiger partial charge in [-0.25, -0.2) is 9.78 Å². The van der Waals surface area contributed by atoms with Crippen molar-refractivity contribution in [1.82, 2.24) is 4.98 Å². The van der Waals surface area contributed by atoms with Crippen molar-refractivity contribution in [3.05, 3.63) is 23.4 Å². The van der Waals surface area contributed by atoms with Crippen molar-refractivity contribution in [1.29, 1.82) is 0 Å². The summed E-state index contributed by atoms with van der Waals surface area (Å²) in [6.45, 7) is 6.16. The first-order chi connectivity index (χ1) is 7.40. The molecule has 0 saturated heterocycles. The lowest BCUT2D eigenvalue weighted by atomic mass is 10.2. The summed E-state index contributed by atoms with van der Waals surface area (Å²) >= 11 is 0. The van der Waals surface area contributed by atoms with Crippen molar-refractivity contribution in [2.75, 3.05) is 5.32 Å². The minimum Gasteiger partial charge on any atom is -0.478 e. The van der Waals surface area contributed by atoms with Gasteiger partial charge in [-0.05, 0) is 30.9 Å². The summed E-state index contributed by atoms with van der Waals surface area (Å²) in [6.07, 6.45) is 1.06. The van der Waals surface area contributed by atoms with Gasteiger partial charge < -0.3 is 10.4 Å². The van der Waals surface area contributed by atoms with Crippen LogP contribution in [-0.2, 0) is 0 Å². The number of nitrogens with one attached hydrogen (secondary N) is 1. The van der Waals surface area contributed by atoms with Gasteiger partial charge in [0.2, 0.25) is 0 Å². The van der Waals surface area contributed by atoms with Gasteiger partial charge in [-0.3, -0.25) is 0 Å². The smallest absolute Gasteiger partial charge is 0.339 e. The van der Waals surface area contributed by atoms with Crippen LogP contribution in [0.3, 0.4) is 0 Å². The fourth-order valence-corrected chi connectivity index (χ4v) is 1.72. The van der Waals surface area contributed by atoms with E-state index in [2.05, 4.69) is 24.1 Å². The predicted molar refractivity (Wildman–Crippen MR) is 61.7 cm³/mol. The van der Waals surface area contributed by atoms with Crippen LogP contribution in [0.5, 0.6) is 0 Å². The van der Waals surface area contributed by atoms with E-state index in [-0.39, 0.29) is 11.0 Å². The Morgan fingerprint density at radius 2 is 2.19 bits per heavy atom. The quantitative estimate of drug-likeness (QED) is 0.820. The lowest BCUT2D eigenvalue weighted by Gasteiger charge is -2.10. The summed E-state index contributed by atoms with van der Waals surface area (Å²) in [7, 11) is 0. The number of hydrogen-bond donors (Lipinski definition) is 2. The summed E-state index contributed by atoms with van der Waals surface area (Å²) < 4.78 is 0. The van der Waals surface area contributed by atoms with E-state index in [1.807, 2.05) is 6.92 Å². The zero-order valence-electron chi connectivity index (χ0n) is 9.74. The van der Waals surface area contributed by atoms with Crippen LogP contribution in [-0.4, -0.2) is 22.1 Å². The Kier molecular flexibility index (Phi) is 2.37. The van der Waals surface area contributed by atoms with Gasteiger partial charge in [-0.15, -0.1) is 0 Å². The highest BCUT2D eigenvalue weighted by Crippen LogP contribution is 2.46. The highest BCUT2D eigenvalue weighted by atomic mass is 16.4. The van der Waals surface area contributed by atoms with Crippen LogP contribution < -0.4 is 5.32 Å². The van der Waals surface area contributed by atoms with E-state index >= 15 is 0 Å². The molecule has 1 aromatic heterocycles. The van der Waals surface area contributed by atoms with Crippen LogP contribution in [0.15, 0.2) is 12.1 Å². The third-order valence-corrected chi connectivity index (χ3v) is 3.09. The second-order valence-corrected chi connectivity index (χ2v) is 5.04. The Labute approximate surface area is 94.7 Å². The van der Waals surface area contributed by atoms with Crippen molar-refractivity contribution in [2.24, 2.45) is 5.41 Å². The monoisotopic (exact) mass is 220 g/mol. The maximum atomic E-state index is 11.0. The lowest BCUT2D eigenvalue weighted by Crippen LogP contribution is -2.14. The van der Waals surface area contributed by atoms with Gasteiger partial charge >= 0.3 is 5.97 Å². The Bertz CT molecular complexity index is 441. The number of nitrogens with zero attached hydrogens (tertiary/aromatic N) is 1.